The van der Waals surface area contributed by atoms with Gasteiger partial charge in [0.2, 0.25) is 0 Å². The molecule has 0 aliphatic rings. The molecule has 4 aromatic carbocycles. The third-order valence-corrected chi connectivity index (χ3v) is 5.20. The summed E-state index contributed by atoms with van der Waals surface area (Å²) in [4.78, 5) is 0. The van der Waals surface area contributed by atoms with Gasteiger partial charge in [-0.2, -0.15) is 21.9 Å². The van der Waals surface area contributed by atoms with Crippen LogP contribution in [-0.2, 0) is 0 Å². The first-order valence-corrected chi connectivity index (χ1v) is 10.9. The first-order valence-electron chi connectivity index (χ1n) is 9.50. The van der Waals surface area contributed by atoms with Crippen molar-refractivity contribution in [3.8, 4) is 0 Å². The molecule has 0 nitrogen and oxygen atoms in total. The average molecular weight is 368 g/mol. The van der Waals surface area contributed by atoms with E-state index < -0.39 is 6.15 Å². The summed E-state index contributed by atoms with van der Waals surface area (Å²) < 4.78 is 0. The van der Waals surface area contributed by atoms with E-state index in [1.165, 1.54) is 21.9 Å². The Kier molecular flexibility index (Phi) is 6.63. The summed E-state index contributed by atoms with van der Waals surface area (Å²) in [5, 5.41) is 0. The molecule has 0 spiro atoms. The van der Waals surface area contributed by atoms with E-state index in [2.05, 4.69) is 121 Å². The molecule has 0 aliphatic heterocycles. The fourth-order valence-electron chi connectivity index (χ4n) is 4.12. The molecule has 1 atom stereocenters. The highest BCUT2D eigenvalue weighted by Gasteiger charge is 2.30. The summed E-state index contributed by atoms with van der Waals surface area (Å²) >= 11 is 0. The molecule has 0 aromatic heterocycles. The second-order valence-corrected chi connectivity index (χ2v) is 6.51. The highest BCUT2D eigenvalue weighted by Crippen LogP contribution is 2.09. The van der Waals surface area contributed by atoms with E-state index in [1.807, 2.05) is 15.9 Å². The molecule has 27 heavy (non-hydrogen) atoms. The molecule has 0 saturated carbocycles. The fourth-order valence-corrected chi connectivity index (χ4v) is 4.12. The van der Waals surface area contributed by atoms with Gasteiger partial charge in [-0.3, -0.25) is 0 Å². The molecule has 2 heteroatoms. The molecular formula is C25H26BP. The van der Waals surface area contributed by atoms with Crippen LogP contribution in [0.1, 0.15) is 0 Å². The lowest BCUT2D eigenvalue weighted by Crippen LogP contribution is -2.74. The van der Waals surface area contributed by atoms with Gasteiger partial charge in [-0.1, -0.05) is 121 Å². The summed E-state index contributed by atoms with van der Waals surface area (Å²) in [7, 11) is 1.86. The van der Waals surface area contributed by atoms with Gasteiger partial charge in [0, 0.05) is 6.66 Å². The lowest BCUT2D eigenvalue weighted by molar-refractivity contribution is 1.66. The van der Waals surface area contributed by atoms with Gasteiger partial charge in [-0.25, -0.2) is 0 Å². The Hall–Kier alpha value is -2.63. The van der Waals surface area contributed by atoms with Crippen LogP contribution >= 0.6 is 9.24 Å². The van der Waals surface area contributed by atoms with Crippen LogP contribution in [0.15, 0.2) is 121 Å². The Bertz CT molecular complexity index is 759. The highest BCUT2D eigenvalue weighted by molar-refractivity contribution is 7.19. The lowest BCUT2D eigenvalue weighted by Gasteiger charge is -2.44. The van der Waals surface area contributed by atoms with Gasteiger partial charge in [0.15, 0.2) is 0 Å². The van der Waals surface area contributed by atoms with Crippen molar-refractivity contribution in [2.45, 2.75) is 0 Å². The molecule has 0 amide bonds. The minimum atomic E-state index is -1.22. The Morgan fingerprint density at radius 2 is 0.556 bits per heavy atom. The Balaban J connectivity index is 0.00000102. The third kappa shape index (κ3) is 3.75. The van der Waals surface area contributed by atoms with Crippen molar-refractivity contribution >= 4 is 37.2 Å². The van der Waals surface area contributed by atoms with Crippen molar-refractivity contribution in [1.82, 2.24) is 0 Å². The zero-order chi connectivity index (χ0) is 19.0. The van der Waals surface area contributed by atoms with E-state index in [0.29, 0.717) is 0 Å². The molecule has 0 saturated heterocycles. The van der Waals surface area contributed by atoms with Crippen LogP contribution in [-0.4, -0.2) is 12.8 Å². The smallest absolute Gasteiger partial charge is 0.108 e. The monoisotopic (exact) mass is 368 g/mol. The number of hydrogen-bond acceptors (Lipinski definition) is 0. The predicted molar refractivity (Wildman–Crippen MR) is 127 cm³/mol. The fraction of sp³-hybridized carbons (Fsp3) is 0.0400. The molecule has 0 bridgehead atoms. The maximum absolute atomic E-state index is 2.26. The first-order chi connectivity index (χ1) is 13.4. The molecule has 4 rings (SSSR count). The predicted octanol–water partition coefficient (Wildman–Crippen LogP) is 3.29. The molecule has 0 radical (unpaired) electrons. The van der Waals surface area contributed by atoms with Gasteiger partial charge in [-0.05, 0) is 9.24 Å². The second kappa shape index (κ2) is 9.35. The van der Waals surface area contributed by atoms with E-state index in [-0.39, 0.29) is 0 Å². The summed E-state index contributed by atoms with van der Waals surface area (Å²) in [5.74, 6) is 0. The molecule has 4 aromatic rings. The zero-order valence-corrected chi connectivity index (χ0v) is 17.2. The topological polar surface area (TPSA) is 0 Å². The van der Waals surface area contributed by atoms with Crippen LogP contribution in [0, 0.1) is 0 Å². The molecule has 0 heterocycles. The number of hydrogen-bond donors (Lipinski definition) is 0. The molecule has 0 fully saturated rings. The first kappa shape index (κ1) is 19.1. The van der Waals surface area contributed by atoms with Crippen LogP contribution in [0.3, 0.4) is 0 Å². The van der Waals surface area contributed by atoms with Gasteiger partial charge >= 0.3 is 0 Å². The highest BCUT2D eigenvalue weighted by atomic mass is 31.0. The average Bonchev–Trinajstić information content (AvgIpc) is 2.79. The van der Waals surface area contributed by atoms with E-state index in [4.69, 9.17) is 0 Å². The normalized spacial score (nSPS) is 10.7. The minimum Gasteiger partial charge on any atom is -0.195 e. The van der Waals surface area contributed by atoms with Gasteiger partial charge in [0.25, 0.3) is 0 Å². The largest absolute Gasteiger partial charge is 0.195 e. The van der Waals surface area contributed by atoms with Gasteiger partial charge in [0.05, 0.1) is 0 Å². The minimum absolute atomic E-state index is 1.22. The molecule has 0 N–H and O–H groups in total. The van der Waals surface area contributed by atoms with Crippen molar-refractivity contribution in [1.29, 1.82) is 0 Å². The molecule has 134 valence electrons. The van der Waals surface area contributed by atoms with E-state index in [9.17, 15) is 0 Å². The Labute approximate surface area is 165 Å². The maximum atomic E-state index is 2.26. The summed E-state index contributed by atoms with van der Waals surface area (Å²) in [6, 6.07) is 43.5. The van der Waals surface area contributed by atoms with Crippen molar-refractivity contribution in [3.05, 3.63) is 121 Å². The number of benzene rings is 4. The van der Waals surface area contributed by atoms with Gasteiger partial charge in [0.1, 0.15) is 6.15 Å². The van der Waals surface area contributed by atoms with E-state index in [1.54, 1.807) is 0 Å². The summed E-state index contributed by atoms with van der Waals surface area (Å²) in [6.45, 7) is 2.03. The Morgan fingerprint density at radius 1 is 0.370 bits per heavy atom. The van der Waals surface area contributed by atoms with Crippen molar-refractivity contribution < 1.29 is 0 Å². The lowest BCUT2D eigenvalue weighted by atomic mass is 9.13. The standard InChI is InChI=1S/C24H20B.CH5P/c1-5-13-21(14-6-1)25(22-15-7-2-8-16-22,23-17-9-3-10-18-23)24-19-11-4-12-20-24;1-2/h1-20H;2H2,1H3/q-1;/p+1. The van der Waals surface area contributed by atoms with Crippen LogP contribution in [0.5, 0.6) is 0 Å². The van der Waals surface area contributed by atoms with Gasteiger partial charge in [-0.15, -0.1) is 0 Å². The zero-order valence-electron chi connectivity index (χ0n) is 15.8. The van der Waals surface area contributed by atoms with Crippen molar-refractivity contribution in [2.24, 2.45) is 0 Å². The molecular weight excluding hydrogens is 342 g/mol. The van der Waals surface area contributed by atoms with E-state index >= 15 is 0 Å². The van der Waals surface area contributed by atoms with Crippen molar-refractivity contribution in [2.75, 3.05) is 6.66 Å². The maximum Gasteiger partial charge on any atom is 0.108 e. The number of rotatable bonds is 4. The van der Waals surface area contributed by atoms with Crippen LogP contribution in [0.25, 0.3) is 0 Å². The summed E-state index contributed by atoms with van der Waals surface area (Å²) in [6.07, 6.45) is -1.22. The molecule has 1 unspecified atom stereocenters. The summed E-state index contributed by atoms with van der Waals surface area (Å²) in [5.41, 5.74) is 5.36. The van der Waals surface area contributed by atoms with Gasteiger partial charge < -0.3 is 0 Å². The molecule has 0 aliphatic carbocycles. The third-order valence-electron chi connectivity index (χ3n) is 5.20. The van der Waals surface area contributed by atoms with Crippen LogP contribution < -0.4 is 21.9 Å². The second-order valence-electron chi connectivity index (χ2n) is 6.51. The van der Waals surface area contributed by atoms with Crippen LogP contribution in [0.4, 0.5) is 0 Å². The Morgan fingerprint density at radius 3 is 0.741 bits per heavy atom. The van der Waals surface area contributed by atoms with Crippen molar-refractivity contribution in [3.63, 3.8) is 0 Å². The SMILES string of the molecule is C[PH3+].c1ccc([B-](c2ccccc2)(c2ccccc2)c2ccccc2)cc1. The van der Waals surface area contributed by atoms with E-state index in [0.717, 1.165) is 0 Å². The van der Waals surface area contributed by atoms with Crippen LogP contribution in [0.2, 0.25) is 0 Å². The quantitative estimate of drug-likeness (QED) is 0.383.